The summed E-state index contributed by atoms with van der Waals surface area (Å²) in [7, 11) is 0. The fourth-order valence-electron chi connectivity index (χ4n) is 1.46. The number of rotatable bonds is 3. The van der Waals surface area contributed by atoms with Crippen molar-refractivity contribution >= 4 is 17.7 Å². The van der Waals surface area contributed by atoms with E-state index in [4.69, 9.17) is 0 Å². The van der Waals surface area contributed by atoms with Gasteiger partial charge >= 0.3 is 0 Å². The molecule has 0 aromatic heterocycles. The molecule has 0 atom stereocenters. The molecule has 0 unspecified atom stereocenters. The van der Waals surface area contributed by atoms with Gasteiger partial charge in [-0.3, -0.25) is 9.69 Å². The molecular weight excluding hydrogens is 184 g/mol. The third-order valence-electron chi connectivity index (χ3n) is 2.41. The molecule has 74 valence electrons. The van der Waals surface area contributed by atoms with Crippen LogP contribution in [0.1, 0.15) is 12.8 Å². The summed E-state index contributed by atoms with van der Waals surface area (Å²) in [6.45, 7) is 2.75. The van der Waals surface area contributed by atoms with Crippen LogP contribution in [0.4, 0.5) is 0 Å². The van der Waals surface area contributed by atoms with Crippen LogP contribution in [0.2, 0.25) is 0 Å². The van der Waals surface area contributed by atoms with E-state index in [1.54, 1.807) is 0 Å². The molecule has 13 heavy (non-hydrogen) atoms. The van der Waals surface area contributed by atoms with Gasteiger partial charge in [0.25, 0.3) is 0 Å². The minimum Gasteiger partial charge on any atom is -0.352 e. The normalized spacial score (nSPS) is 24.3. The Hall–Kier alpha value is -0.220. The van der Waals surface area contributed by atoms with Gasteiger partial charge in [0.1, 0.15) is 0 Å². The number of nitrogens with zero attached hydrogens (tertiary/aromatic N) is 1. The maximum Gasteiger partial charge on any atom is 0.234 e. The van der Waals surface area contributed by atoms with Crippen molar-refractivity contribution in [2.24, 2.45) is 0 Å². The van der Waals surface area contributed by atoms with E-state index in [1.165, 1.54) is 24.3 Å². The van der Waals surface area contributed by atoms with Crippen LogP contribution in [0.3, 0.4) is 0 Å². The van der Waals surface area contributed by atoms with Crippen LogP contribution in [-0.4, -0.2) is 48.0 Å². The standard InChI is InChI=1S/C9H16N2OS/c12-9(10-8-1-2-8)7-11-3-5-13-6-4-11/h8H,1-7H2,(H,10,12). The number of thioether (sulfide) groups is 1. The Balaban J connectivity index is 1.66. The van der Waals surface area contributed by atoms with Crippen molar-refractivity contribution in [3.63, 3.8) is 0 Å². The Bertz CT molecular complexity index is 188. The lowest BCUT2D eigenvalue weighted by Crippen LogP contribution is -2.41. The SMILES string of the molecule is O=C(CN1CCSCC1)NC1CC1. The van der Waals surface area contributed by atoms with Gasteiger partial charge in [0.2, 0.25) is 5.91 Å². The predicted octanol–water partition coefficient (Wildman–Crippen LogP) is 0.314. The van der Waals surface area contributed by atoms with Crippen molar-refractivity contribution in [2.75, 3.05) is 31.1 Å². The molecule has 1 saturated heterocycles. The Kier molecular flexibility index (Phi) is 3.11. The molecule has 0 radical (unpaired) electrons. The molecule has 4 heteroatoms. The number of hydrogen-bond acceptors (Lipinski definition) is 3. The van der Waals surface area contributed by atoms with E-state index in [0.717, 1.165) is 13.1 Å². The van der Waals surface area contributed by atoms with Crippen LogP contribution in [0, 0.1) is 0 Å². The van der Waals surface area contributed by atoms with Crippen molar-refractivity contribution in [2.45, 2.75) is 18.9 Å². The quantitative estimate of drug-likeness (QED) is 0.712. The first-order chi connectivity index (χ1) is 6.34. The van der Waals surface area contributed by atoms with Gasteiger partial charge in [-0.2, -0.15) is 11.8 Å². The second kappa shape index (κ2) is 4.33. The Morgan fingerprint density at radius 2 is 2.08 bits per heavy atom. The average molecular weight is 200 g/mol. The maximum atomic E-state index is 11.4. The Morgan fingerprint density at radius 3 is 2.69 bits per heavy atom. The molecule has 1 N–H and O–H groups in total. The molecule has 2 fully saturated rings. The molecular formula is C9H16N2OS. The highest BCUT2D eigenvalue weighted by atomic mass is 32.2. The Morgan fingerprint density at radius 1 is 1.38 bits per heavy atom. The molecule has 0 bridgehead atoms. The van der Waals surface area contributed by atoms with Crippen LogP contribution in [-0.2, 0) is 4.79 Å². The summed E-state index contributed by atoms with van der Waals surface area (Å²) in [5.41, 5.74) is 0. The molecule has 0 aromatic carbocycles. The highest BCUT2D eigenvalue weighted by Gasteiger charge is 2.24. The van der Waals surface area contributed by atoms with Gasteiger partial charge in [-0.15, -0.1) is 0 Å². The highest BCUT2D eigenvalue weighted by molar-refractivity contribution is 7.99. The van der Waals surface area contributed by atoms with E-state index < -0.39 is 0 Å². The van der Waals surface area contributed by atoms with Gasteiger partial charge in [-0.1, -0.05) is 0 Å². The van der Waals surface area contributed by atoms with E-state index in [1.807, 2.05) is 11.8 Å². The van der Waals surface area contributed by atoms with Gasteiger partial charge in [-0.25, -0.2) is 0 Å². The molecule has 2 aliphatic rings. The topological polar surface area (TPSA) is 32.3 Å². The summed E-state index contributed by atoms with van der Waals surface area (Å²) in [5.74, 6) is 2.57. The largest absolute Gasteiger partial charge is 0.352 e. The van der Waals surface area contributed by atoms with Crippen molar-refractivity contribution in [1.29, 1.82) is 0 Å². The predicted molar refractivity (Wildman–Crippen MR) is 54.9 cm³/mol. The third kappa shape index (κ3) is 3.19. The lowest BCUT2D eigenvalue weighted by Gasteiger charge is -2.25. The number of hydrogen-bond donors (Lipinski definition) is 1. The summed E-state index contributed by atoms with van der Waals surface area (Å²) in [5, 5.41) is 3.01. The third-order valence-corrected chi connectivity index (χ3v) is 3.36. The second-order valence-electron chi connectivity index (χ2n) is 3.73. The fourth-order valence-corrected chi connectivity index (χ4v) is 2.44. The van der Waals surface area contributed by atoms with Crippen LogP contribution in [0.25, 0.3) is 0 Å². The summed E-state index contributed by atoms with van der Waals surface area (Å²) >= 11 is 1.98. The number of carbonyl (C=O) groups excluding carboxylic acids is 1. The first-order valence-corrected chi connectivity index (χ1v) is 6.09. The van der Waals surface area contributed by atoms with Crippen LogP contribution in [0.15, 0.2) is 0 Å². The summed E-state index contributed by atoms with van der Waals surface area (Å²) in [4.78, 5) is 13.6. The number of nitrogens with one attached hydrogen (secondary N) is 1. The molecule has 1 amide bonds. The minimum absolute atomic E-state index is 0.217. The van der Waals surface area contributed by atoms with Crippen LogP contribution >= 0.6 is 11.8 Å². The van der Waals surface area contributed by atoms with Gasteiger partial charge in [0.05, 0.1) is 6.54 Å². The zero-order valence-electron chi connectivity index (χ0n) is 7.79. The molecule has 0 spiro atoms. The lowest BCUT2D eigenvalue weighted by molar-refractivity contribution is -0.122. The van der Waals surface area contributed by atoms with Gasteiger partial charge < -0.3 is 5.32 Å². The van der Waals surface area contributed by atoms with Crippen molar-refractivity contribution in [1.82, 2.24) is 10.2 Å². The van der Waals surface area contributed by atoms with Crippen molar-refractivity contribution in [3.8, 4) is 0 Å². The first kappa shape index (κ1) is 9.34. The summed E-state index contributed by atoms with van der Waals surface area (Å²) in [6.07, 6.45) is 2.36. The Labute approximate surface area is 83.2 Å². The van der Waals surface area contributed by atoms with Crippen LogP contribution in [0.5, 0.6) is 0 Å². The van der Waals surface area contributed by atoms with Gasteiger partial charge in [-0.05, 0) is 12.8 Å². The molecule has 0 aromatic rings. The highest BCUT2D eigenvalue weighted by Crippen LogP contribution is 2.18. The minimum atomic E-state index is 0.217. The van der Waals surface area contributed by atoms with E-state index in [-0.39, 0.29) is 5.91 Å². The van der Waals surface area contributed by atoms with Crippen molar-refractivity contribution in [3.05, 3.63) is 0 Å². The zero-order chi connectivity index (χ0) is 9.10. The molecule has 1 aliphatic carbocycles. The lowest BCUT2D eigenvalue weighted by atomic mass is 10.4. The summed E-state index contributed by atoms with van der Waals surface area (Å²) < 4.78 is 0. The average Bonchev–Trinajstić information content (AvgIpc) is 2.90. The second-order valence-corrected chi connectivity index (χ2v) is 4.96. The number of carbonyl (C=O) groups is 1. The van der Waals surface area contributed by atoms with E-state index in [0.29, 0.717) is 12.6 Å². The fraction of sp³-hybridized carbons (Fsp3) is 0.889. The summed E-state index contributed by atoms with van der Waals surface area (Å²) in [6, 6.07) is 0.506. The van der Waals surface area contributed by atoms with E-state index in [9.17, 15) is 4.79 Å². The van der Waals surface area contributed by atoms with E-state index >= 15 is 0 Å². The molecule has 1 aliphatic heterocycles. The first-order valence-electron chi connectivity index (χ1n) is 4.94. The van der Waals surface area contributed by atoms with E-state index in [2.05, 4.69) is 10.2 Å². The smallest absolute Gasteiger partial charge is 0.234 e. The van der Waals surface area contributed by atoms with Crippen LogP contribution < -0.4 is 5.32 Å². The zero-order valence-corrected chi connectivity index (χ0v) is 8.61. The molecule has 1 saturated carbocycles. The molecule has 1 heterocycles. The molecule has 3 nitrogen and oxygen atoms in total. The molecule has 2 rings (SSSR count). The van der Waals surface area contributed by atoms with Gasteiger partial charge in [0.15, 0.2) is 0 Å². The monoisotopic (exact) mass is 200 g/mol. The number of amides is 1. The van der Waals surface area contributed by atoms with Gasteiger partial charge in [0, 0.05) is 30.6 Å². The van der Waals surface area contributed by atoms with Crippen molar-refractivity contribution < 1.29 is 4.79 Å². The maximum absolute atomic E-state index is 11.4.